The summed E-state index contributed by atoms with van der Waals surface area (Å²) in [6.07, 6.45) is 1.23. The van der Waals surface area contributed by atoms with Gasteiger partial charge >= 0.3 is 0 Å². The maximum absolute atomic E-state index is 10.6. The van der Waals surface area contributed by atoms with Crippen molar-refractivity contribution >= 4 is 22.2 Å². The Morgan fingerprint density at radius 3 is 2.40 bits per heavy atom. The lowest BCUT2D eigenvalue weighted by Gasteiger charge is -2.03. The van der Waals surface area contributed by atoms with Gasteiger partial charge in [0.1, 0.15) is 12.0 Å². The Morgan fingerprint density at radius 1 is 1.12 bits per heavy atom. The molecule has 0 atom stereocenters. The monoisotopic (exact) mass is 404 g/mol. The maximum Gasteiger partial charge on any atom is 0.248 e. The first kappa shape index (κ1) is 18.8. The van der Waals surface area contributed by atoms with Crippen LogP contribution >= 0.6 is 15.9 Å². The molecule has 7 heteroatoms. The third kappa shape index (κ3) is 4.52. The number of aliphatic hydroxyl groups excluding tert-OH is 1. The highest BCUT2D eigenvalue weighted by atomic mass is 79.9. The molecule has 0 saturated heterocycles. The van der Waals surface area contributed by atoms with Gasteiger partial charge in [-0.1, -0.05) is 12.1 Å². The molecule has 0 amide bonds. The predicted octanol–water partition coefficient (Wildman–Crippen LogP) is 3.52. The van der Waals surface area contributed by atoms with E-state index in [4.69, 9.17) is 14.3 Å². The van der Waals surface area contributed by atoms with Crippen molar-refractivity contribution in [2.24, 2.45) is 0 Å². The fourth-order valence-corrected chi connectivity index (χ4v) is 2.72. The number of benzene rings is 2. The van der Waals surface area contributed by atoms with Crippen LogP contribution in [-0.2, 0) is 11.2 Å². The van der Waals surface area contributed by atoms with E-state index in [1.165, 1.54) is 0 Å². The fourth-order valence-electron chi connectivity index (χ4n) is 2.18. The van der Waals surface area contributed by atoms with Gasteiger partial charge in [-0.25, -0.2) is 0 Å². The summed E-state index contributed by atoms with van der Waals surface area (Å²) in [4.78, 5) is 10.6. The zero-order valence-electron chi connectivity index (χ0n) is 13.8. The molecule has 0 saturated carbocycles. The molecule has 1 N–H and O–H groups in total. The van der Waals surface area contributed by atoms with Gasteiger partial charge in [0.2, 0.25) is 11.8 Å². The summed E-state index contributed by atoms with van der Waals surface area (Å²) in [5.41, 5.74) is 2.49. The van der Waals surface area contributed by atoms with Crippen LogP contribution in [0, 0.1) is 0 Å². The molecule has 0 bridgehead atoms. The Labute approximate surface area is 153 Å². The van der Waals surface area contributed by atoms with Crippen molar-refractivity contribution in [3.05, 3.63) is 52.5 Å². The van der Waals surface area contributed by atoms with E-state index in [0.29, 0.717) is 18.2 Å². The summed E-state index contributed by atoms with van der Waals surface area (Å²) in [6.45, 7) is 0. The molecular weight excluding hydrogens is 388 g/mol. The van der Waals surface area contributed by atoms with Crippen molar-refractivity contribution in [3.8, 4) is 28.7 Å². The van der Waals surface area contributed by atoms with Crippen LogP contribution in [0.3, 0.4) is 0 Å². The van der Waals surface area contributed by atoms with E-state index in [2.05, 4.69) is 26.1 Å². The van der Waals surface area contributed by atoms with Crippen LogP contribution in [0.15, 0.2) is 51.4 Å². The highest BCUT2D eigenvalue weighted by molar-refractivity contribution is 9.10. The lowest BCUT2D eigenvalue weighted by Crippen LogP contribution is -1.86. The number of carbonyl (C=O) groups is 1. The number of methoxy groups -OCH3 is 1. The van der Waals surface area contributed by atoms with Crippen molar-refractivity contribution in [2.45, 2.75) is 6.42 Å². The number of aliphatic hydroxyl groups is 1. The summed E-state index contributed by atoms with van der Waals surface area (Å²) in [6, 6.07) is 13.0. The normalized spacial score (nSPS) is 9.92. The van der Waals surface area contributed by atoms with E-state index >= 15 is 0 Å². The first-order valence-electron chi connectivity index (χ1n) is 7.36. The smallest absolute Gasteiger partial charge is 0.248 e. The van der Waals surface area contributed by atoms with Crippen LogP contribution in [-0.4, -0.2) is 35.8 Å². The largest absolute Gasteiger partial charge is 0.496 e. The van der Waals surface area contributed by atoms with E-state index < -0.39 is 0 Å². The second-order valence-corrected chi connectivity index (χ2v) is 5.69. The van der Waals surface area contributed by atoms with Gasteiger partial charge in [-0.05, 0) is 51.8 Å². The molecule has 25 heavy (non-hydrogen) atoms. The molecule has 130 valence electrons. The molecule has 0 aliphatic heterocycles. The molecule has 1 heterocycles. The Morgan fingerprint density at radius 2 is 1.80 bits per heavy atom. The SMILES string of the molecule is CO.COc1ccc(-c2nnc(-c3cccc(CC=O)c3)o2)cc1Br. The molecule has 6 nitrogen and oxygen atoms in total. The van der Waals surface area contributed by atoms with Gasteiger partial charge in [-0.2, -0.15) is 0 Å². The van der Waals surface area contributed by atoms with Gasteiger partial charge in [-0.3, -0.25) is 0 Å². The molecule has 0 aliphatic carbocycles. The van der Waals surface area contributed by atoms with E-state index in [1.807, 2.05) is 42.5 Å². The van der Waals surface area contributed by atoms with Crippen LogP contribution in [0.5, 0.6) is 5.75 Å². The maximum atomic E-state index is 10.6. The quantitative estimate of drug-likeness (QED) is 0.654. The minimum Gasteiger partial charge on any atom is -0.496 e. The Kier molecular flexibility index (Phi) is 6.85. The lowest BCUT2D eigenvalue weighted by molar-refractivity contribution is -0.107. The zero-order valence-corrected chi connectivity index (χ0v) is 15.4. The third-order valence-electron chi connectivity index (χ3n) is 3.32. The molecular formula is C18H17BrN2O4. The minimum atomic E-state index is 0.361. The highest BCUT2D eigenvalue weighted by Crippen LogP contribution is 2.31. The summed E-state index contributed by atoms with van der Waals surface area (Å²) in [5.74, 6) is 1.57. The number of ether oxygens (including phenoxy) is 1. The van der Waals surface area contributed by atoms with Gasteiger partial charge in [0.15, 0.2) is 0 Å². The van der Waals surface area contributed by atoms with Crippen molar-refractivity contribution in [3.63, 3.8) is 0 Å². The molecule has 0 fully saturated rings. The zero-order chi connectivity index (χ0) is 18.2. The number of rotatable bonds is 5. The lowest BCUT2D eigenvalue weighted by atomic mass is 10.1. The first-order valence-corrected chi connectivity index (χ1v) is 8.15. The molecule has 0 radical (unpaired) electrons. The fraction of sp³-hybridized carbons (Fsp3) is 0.167. The number of hydrogen-bond donors (Lipinski definition) is 1. The van der Waals surface area contributed by atoms with Crippen LogP contribution in [0.1, 0.15) is 5.56 Å². The average molecular weight is 405 g/mol. The van der Waals surface area contributed by atoms with Gasteiger partial charge in [0.05, 0.1) is 11.6 Å². The Bertz CT molecular complexity index is 849. The summed E-state index contributed by atoms with van der Waals surface area (Å²) >= 11 is 3.44. The second-order valence-electron chi connectivity index (χ2n) is 4.83. The Hall–Kier alpha value is -2.51. The standard InChI is InChI=1S/C17H13BrN2O3.CH4O/c1-22-15-6-5-13(10-14(15)18)17-20-19-16(23-17)12-4-2-3-11(9-12)7-8-21;1-2/h2-6,8-10H,7H2,1H3;2H,1H3. The summed E-state index contributed by atoms with van der Waals surface area (Å²) in [5, 5.41) is 15.2. The van der Waals surface area contributed by atoms with Crippen LogP contribution in [0.25, 0.3) is 22.9 Å². The van der Waals surface area contributed by atoms with Gasteiger partial charge < -0.3 is 19.1 Å². The number of hydrogen-bond acceptors (Lipinski definition) is 6. The molecule has 0 aliphatic rings. The van der Waals surface area contributed by atoms with Gasteiger partial charge in [0, 0.05) is 24.7 Å². The summed E-state index contributed by atoms with van der Waals surface area (Å²) in [7, 11) is 2.61. The predicted molar refractivity (Wildman–Crippen MR) is 97.3 cm³/mol. The van der Waals surface area contributed by atoms with Crippen molar-refractivity contribution < 1.29 is 19.1 Å². The van der Waals surface area contributed by atoms with Crippen LogP contribution in [0.4, 0.5) is 0 Å². The molecule has 0 unspecified atom stereocenters. The van der Waals surface area contributed by atoms with E-state index in [-0.39, 0.29) is 0 Å². The van der Waals surface area contributed by atoms with E-state index in [1.54, 1.807) is 7.11 Å². The van der Waals surface area contributed by atoms with Crippen LogP contribution in [0.2, 0.25) is 0 Å². The number of aldehydes is 1. The van der Waals surface area contributed by atoms with Crippen LogP contribution < -0.4 is 4.74 Å². The highest BCUT2D eigenvalue weighted by Gasteiger charge is 2.12. The Balaban J connectivity index is 0.00000109. The van der Waals surface area contributed by atoms with E-state index in [9.17, 15) is 4.79 Å². The number of halogens is 1. The average Bonchev–Trinajstić information content (AvgIpc) is 3.14. The summed E-state index contributed by atoms with van der Waals surface area (Å²) < 4.78 is 11.8. The second kappa shape index (κ2) is 9.10. The number of carbonyl (C=O) groups excluding carboxylic acids is 1. The van der Waals surface area contributed by atoms with Crippen molar-refractivity contribution in [2.75, 3.05) is 14.2 Å². The third-order valence-corrected chi connectivity index (χ3v) is 3.94. The molecule has 1 aromatic heterocycles. The first-order chi connectivity index (χ1) is 12.2. The van der Waals surface area contributed by atoms with E-state index in [0.717, 1.165) is 40.3 Å². The molecule has 2 aromatic carbocycles. The van der Waals surface area contributed by atoms with Crippen molar-refractivity contribution in [1.29, 1.82) is 0 Å². The van der Waals surface area contributed by atoms with Gasteiger partial charge in [-0.15, -0.1) is 10.2 Å². The minimum absolute atomic E-state index is 0.361. The number of nitrogens with zero attached hydrogens (tertiary/aromatic N) is 2. The topological polar surface area (TPSA) is 85.5 Å². The molecule has 3 rings (SSSR count). The molecule has 3 aromatic rings. The number of aromatic nitrogens is 2. The molecule has 0 spiro atoms. The van der Waals surface area contributed by atoms with Gasteiger partial charge in [0.25, 0.3) is 0 Å². The van der Waals surface area contributed by atoms with Crippen molar-refractivity contribution in [1.82, 2.24) is 10.2 Å².